The highest BCUT2D eigenvalue weighted by molar-refractivity contribution is 6.36. The van der Waals surface area contributed by atoms with Crippen LogP contribution in [0.3, 0.4) is 0 Å². The van der Waals surface area contributed by atoms with E-state index in [0.29, 0.717) is 68.8 Å². The number of aromatic nitrogens is 1. The van der Waals surface area contributed by atoms with Crippen LogP contribution in [0.25, 0.3) is 32.6 Å². The van der Waals surface area contributed by atoms with Gasteiger partial charge in [-0.3, -0.25) is 14.2 Å². The van der Waals surface area contributed by atoms with Crippen molar-refractivity contribution in [1.29, 1.82) is 0 Å². The summed E-state index contributed by atoms with van der Waals surface area (Å²) in [6.45, 7) is 21.1. The summed E-state index contributed by atoms with van der Waals surface area (Å²) >= 11 is 13.5. The Labute approximate surface area is 261 Å². The molecule has 2 N–H and O–H groups in total. The Hall–Kier alpha value is -4.25. The largest absolute Gasteiger partial charge is 0.397 e. The Morgan fingerprint density at radius 3 is 2.49 bits per heavy atom. The van der Waals surface area contributed by atoms with Gasteiger partial charge in [0, 0.05) is 47.2 Å². The maximum Gasteiger partial charge on any atom is 0.274 e. The van der Waals surface area contributed by atoms with Crippen molar-refractivity contribution in [2.75, 3.05) is 30.3 Å². The third-order valence-corrected chi connectivity index (χ3v) is 8.71. The topological polar surface area (TPSA) is 75.9 Å². The van der Waals surface area contributed by atoms with Crippen LogP contribution in [0, 0.1) is 13.5 Å². The van der Waals surface area contributed by atoms with Crippen LogP contribution in [-0.4, -0.2) is 41.1 Å². The molecule has 220 valence electrons. The van der Waals surface area contributed by atoms with Gasteiger partial charge in [-0.25, -0.2) is 4.85 Å². The quantitative estimate of drug-likeness (QED) is 0.142. The minimum atomic E-state index is -0.425. The first-order chi connectivity index (χ1) is 20.5. The molecule has 0 saturated carbocycles. The van der Waals surface area contributed by atoms with Crippen molar-refractivity contribution in [2.45, 2.75) is 39.7 Å². The SMILES string of the molecule is [C-]#[N+]c1c(N2CCN(C(=O)C=C)C[C@@H]2C)c2cc(Cl)c(-c3cc(C)cc(Cl)c3N)cc2n(-c2ccccc2C(C)C)c1=O. The number of hydrogen-bond donors (Lipinski definition) is 1. The normalized spacial score (nSPS) is 15.2. The number of nitrogen functional groups attached to an aromatic ring is 1. The van der Waals surface area contributed by atoms with Gasteiger partial charge in [0.1, 0.15) is 0 Å². The molecule has 1 aromatic heterocycles. The van der Waals surface area contributed by atoms with Gasteiger partial charge in [-0.05, 0) is 67.3 Å². The molecule has 1 aliphatic heterocycles. The van der Waals surface area contributed by atoms with Crippen molar-refractivity contribution in [3.05, 3.63) is 104 Å². The van der Waals surface area contributed by atoms with Crippen molar-refractivity contribution in [1.82, 2.24) is 9.47 Å². The Morgan fingerprint density at radius 2 is 1.84 bits per heavy atom. The molecule has 2 heterocycles. The van der Waals surface area contributed by atoms with Crippen LogP contribution >= 0.6 is 23.2 Å². The first-order valence-corrected chi connectivity index (χ1v) is 14.9. The molecular formula is C34H33Cl2N5O2. The predicted octanol–water partition coefficient (Wildman–Crippen LogP) is 7.75. The number of fused-ring (bicyclic) bond motifs is 1. The van der Waals surface area contributed by atoms with Crippen LogP contribution in [0.1, 0.15) is 37.8 Å². The van der Waals surface area contributed by atoms with E-state index in [1.165, 1.54) is 6.08 Å². The fraction of sp³-hybridized carbons (Fsp3) is 0.265. The molecule has 5 rings (SSSR count). The molecule has 0 radical (unpaired) electrons. The number of rotatable bonds is 5. The molecule has 1 saturated heterocycles. The predicted molar refractivity (Wildman–Crippen MR) is 178 cm³/mol. The fourth-order valence-electron chi connectivity index (χ4n) is 5.99. The Kier molecular flexibility index (Phi) is 8.29. The number of aryl methyl sites for hydroxylation is 1. The smallest absolute Gasteiger partial charge is 0.274 e. The molecule has 0 bridgehead atoms. The van der Waals surface area contributed by atoms with Gasteiger partial charge < -0.3 is 15.5 Å². The van der Waals surface area contributed by atoms with E-state index in [-0.39, 0.29) is 23.6 Å². The Morgan fingerprint density at radius 1 is 1.12 bits per heavy atom. The number of halogens is 2. The number of pyridine rings is 1. The van der Waals surface area contributed by atoms with E-state index in [1.807, 2.05) is 61.2 Å². The Balaban J connectivity index is 1.89. The lowest BCUT2D eigenvalue weighted by Crippen LogP contribution is -2.53. The van der Waals surface area contributed by atoms with Crippen LogP contribution in [0.5, 0.6) is 0 Å². The zero-order chi connectivity index (χ0) is 31.2. The maximum absolute atomic E-state index is 14.5. The molecule has 0 spiro atoms. The van der Waals surface area contributed by atoms with Gasteiger partial charge in [-0.15, -0.1) is 0 Å². The van der Waals surface area contributed by atoms with Crippen molar-refractivity contribution < 1.29 is 4.79 Å². The van der Waals surface area contributed by atoms with Crippen LogP contribution in [0.2, 0.25) is 10.0 Å². The van der Waals surface area contributed by atoms with E-state index in [1.54, 1.807) is 15.5 Å². The molecule has 9 heteroatoms. The number of hydrogen-bond acceptors (Lipinski definition) is 4. The molecule has 0 unspecified atom stereocenters. The lowest BCUT2D eigenvalue weighted by atomic mass is 9.97. The first kappa shape index (κ1) is 30.2. The number of carbonyl (C=O) groups is 1. The van der Waals surface area contributed by atoms with Crippen molar-refractivity contribution in [2.24, 2.45) is 0 Å². The molecule has 43 heavy (non-hydrogen) atoms. The van der Waals surface area contributed by atoms with Crippen LogP contribution < -0.4 is 16.2 Å². The fourth-order valence-corrected chi connectivity index (χ4v) is 6.53. The summed E-state index contributed by atoms with van der Waals surface area (Å²) in [5.41, 5.74) is 11.4. The summed E-state index contributed by atoms with van der Waals surface area (Å²) in [6.07, 6.45) is 1.31. The number of nitrogens with zero attached hydrogens (tertiary/aromatic N) is 4. The zero-order valence-corrected chi connectivity index (χ0v) is 26.1. The van der Waals surface area contributed by atoms with Crippen molar-refractivity contribution in [3.63, 3.8) is 0 Å². The van der Waals surface area contributed by atoms with Gasteiger partial charge in [0.25, 0.3) is 11.2 Å². The summed E-state index contributed by atoms with van der Waals surface area (Å²) in [7, 11) is 0. The number of nitrogens with two attached hydrogens (primary N) is 1. The summed E-state index contributed by atoms with van der Waals surface area (Å²) in [4.78, 5) is 34.4. The Bertz CT molecular complexity index is 1890. The first-order valence-electron chi connectivity index (χ1n) is 14.1. The standard InChI is InChI=1S/C34H33Cl2N5O2/c1-7-30(42)39-12-13-40(21(5)18-39)33-25-16-26(35)23(24-14-20(4)15-27(36)31(24)37)17-29(25)41(34(43)32(33)38-6)28-11-9-8-10-22(28)19(2)3/h7-11,14-17,19,21H,1,12-13,18,37H2,2-5H3/t21-/m0/s1. The number of anilines is 2. The zero-order valence-electron chi connectivity index (χ0n) is 24.6. The van der Waals surface area contributed by atoms with Gasteiger partial charge in [-0.2, -0.15) is 0 Å². The second-order valence-electron chi connectivity index (χ2n) is 11.3. The molecule has 1 amide bonds. The van der Waals surface area contributed by atoms with Gasteiger partial charge in [0.15, 0.2) is 0 Å². The van der Waals surface area contributed by atoms with E-state index in [2.05, 4.69) is 25.3 Å². The minimum absolute atomic E-state index is 0.00309. The van der Waals surface area contributed by atoms with E-state index in [4.69, 9.17) is 35.5 Å². The van der Waals surface area contributed by atoms with E-state index in [9.17, 15) is 9.59 Å². The van der Waals surface area contributed by atoms with Crippen molar-refractivity contribution >= 4 is 57.1 Å². The maximum atomic E-state index is 14.5. The summed E-state index contributed by atoms with van der Waals surface area (Å²) in [5.74, 6) is -0.0349. The number of carbonyl (C=O) groups excluding carboxylic acids is 1. The van der Waals surface area contributed by atoms with Gasteiger partial charge in [-0.1, -0.05) is 61.8 Å². The molecule has 1 fully saturated rings. The summed E-state index contributed by atoms with van der Waals surface area (Å²) in [5, 5.41) is 1.48. The average Bonchev–Trinajstić information content (AvgIpc) is 2.98. The molecule has 0 aliphatic carbocycles. The van der Waals surface area contributed by atoms with E-state index >= 15 is 0 Å². The summed E-state index contributed by atoms with van der Waals surface area (Å²) in [6, 6.07) is 15.0. The molecule has 1 atom stereocenters. The second kappa shape index (κ2) is 11.8. The molecular weight excluding hydrogens is 581 g/mol. The van der Waals surface area contributed by atoms with Crippen LogP contribution in [0.4, 0.5) is 17.1 Å². The summed E-state index contributed by atoms with van der Waals surface area (Å²) < 4.78 is 1.62. The second-order valence-corrected chi connectivity index (χ2v) is 12.1. The lowest BCUT2D eigenvalue weighted by molar-refractivity contribution is -0.126. The van der Waals surface area contributed by atoms with Gasteiger partial charge >= 0.3 is 0 Å². The van der Waals surface area contributed by atoms with Crippen LogP contribution in [-0.2, 0) is 4.79 Å². The third-order valence-electron chi connectivity index (χ3n) is 8.09. The number of piperazine rings is 1. The molecule has 4 aromatic rings. The number of amides is 1. The van der Waals surface area contributed by atoms with Gasteiger partial charge in [0.05, 0.1) is 34.2 Å². The molecule has 7 nitrogen and oxygen atoms in total. The minimum Gasteiger partial charge on any atom is -0.397 e. The lowest BCUT2D eigenvalue weighted by Gasteiger charge is -2.42. The van der Waals surface area contributed by atoms with E-state index in [0.717, 1.165) is 11.1 Å². The van der Waals surface area contributed by atoms with E-state index < -0.39 is 5.56 Å². The van der Waals surface area contributed by atoms with Crippen LogP contribution in [0.15, 0.2) is 66.0 Å². The number of para-hydroxylation sites is 1. The highest BCUT2D eigenvalue weighted by Crippen LogP contribution is 2.44. The highest BCUT2D eigenvalue weighted by atomic mass is 35.5. The molecule has 3 aromatic carbocycles. The van der Waals surface area contributed by atoms with Crippen molar-refractivity contribution in [3.8, 4) is 16.8 Å². The third kappa shape index (κ3) is 5.26. The highest BCUT2D eigenvalue weighted by Gasteiger charge is 2.31. The number of benzene rings is 3. The van der Waals surface area contributed by atoms with Gasteiger partial charge in [0.2, 0.25) is 5.91 Å². The molecule has 1 aliphatic rings. The monoisotopic (exact) mass is 613 g/mol. The average molecular weight is 615 g/mol.